The van der Waals surface area contributed by atoms with E-state index in [9.17, 15) is 14.7 Å². The highest BCUT2D eigenvalue weighted by atomic mass is 32.1. The first-order chi connectivity index (χ1) is 12.2. The predicted octanol–water partition coefficient (Wildman–Crippen LogP) is 3.51. The molecule has 6 heteroatoms. The molecule has 1 unspecified atom stereocenters. The second kappa shape index (κ2) is 6.44. The van der Waals surface area contributed by atoms with Gasteiger partial charge >= 0.3 is 0 Å². The van der Waals surface area contributed by atoms with E-state index < -0.39 is 17.7 Å². The summed E-state index contributed by atoms with van der Waals surface area (Å²) in [6, 6.07) is 6.67. The monoisotopic (exact) mass is 354 g/mol. The molecule has 128 valence electrons. The molecule has 25 heavy (non-hydrogen) atoms. The van der Waals surface area contributed by atoms with Crippen molar-refractivity contribution < 1.29 is 14.7 Å². The van der Waals surface area contributed by atoms with Gasteiger partial charge in [0, 0.05) is 28.9 Å². The lowest BCUT2D eigenvalue weighted by atomic mass is 10.00. The van der Waals surface area contributed by atoms with Gasteiger partial charge in [-0.05, 0) is 36.4 Å². The van der Waals surface area contributed by atoms with Gasteiger partial charge < -0.3 is 10.0 Å². The van der Waals surface area contributed by atoms with Crippen LogP contribution in [0.25, 0.3) is 5.76 Å². The fraction of sp³-hybridized carbons (Fsp3) is 0.316. The van der Waals surface area contributed by atoms with Crippen LogP contribution in [0.4, 0.5) is 0 Å². The van der Waals surface area contributed by atoms with Crippen LogP contribution in [0.3, 0.4) is 0 Å². The van der Waals surface area contributed by atoms with Crippen LogP contribution in [0.1, 0.15) is 42.2 Å². The van der Waals surface area contributed by atoms with Gasteiger partial charge in [-0.3, -0.25) is 14.6 Å². The molecule has 2 aromatic heterocycles. The van der Waals surface area contributed by atoms with Crippen LogP contribution in [0.5, 0.6) is 0 Å². The van der Waals surface area contributed by atoms with Crippen molar-refractivity contribution in [1.29, 1.82) is 0 Å². The number of nitrogens with zero attached hydrogens (tertiary/aromatic N) is 2. The largest absolute Gasteiger partial charge is 0.507 e. The zero-order valence-corrected chi connectivity index (χ0v) is 14.4. The Bertz CT molecular complexity index is 824. The number of Topliss-reactive ketones (excluding diaryl/α,β-unsaturated/α-hetero) is 1. The standard InChI is InChI=1S/C19H18N2O3S/c22-17(12-7-9-20-10-8-12)15-16(14-6-3-11-25-14)21(19(24)18(15)23)13-4-1-2-5-13/h3,6-11,13,16,22H,1-2,4-5H2/b17-15-. The minimum Gasteiger partial charge on any atom is -0.507 e. The molecular weight excluding hydrogens is 336 g/mol. The summed E-state index contributed by atoms with van der Waals surface area (Å²) in [5.41, 5.74) is 0.687. The number of hydrogen-bond acceptors (Lipinski definition) is 5. The normalized spacial score (nSPS) is 23.5. The van der Waals surface area contributed by atoms with Gasteiger partial charge in [0.1, 0.15) is 5.76 Å². The quantitative estimate of drug-likeness (QED) is 0.520. The van der Waals surface area contributed by atoms with Crippen LogP contribution >= 0.6 is 11.3 Å². The molecule has 4 rings (SSSR count). The van der Waals surface area contributed by atoms with E-state index in [1.54, 1.807) is 29.4 Å². The van der Waals surface area contributed by atoms with Crippen molar-refractivity contribution in [2.75, 3.05) is 0 Å². The van der Waals surface area contributed by atoms with E-state index in [1.807, 2.05) is 17.5 Å². The SMILES string of the molecule is O=C1C(=O)N(C2CCCC2)C(c2cccs2)/C1=C(/O)c1ccncc1. The summed E-state index contributed by atoms with van der Waals surface area (Å²) >= 11 is 1.50. The van der Waals surface area contributed by atoms with E-state index in [4.69, 9.17) is 0 Å². The molecule has 1 saturated carbocycles. The molecule has 5 nitrogen and oxygen atoms in total. The number of thiophene rings is 1. The van der Waals surface area contributed by atoms with Crippen molar-refractivity contribution in [3.05, 3.63) is 58.1 Å². The second-order valence-corrected chi connectivity index (χ2v) is 7.38. The van der Waals surface area contributed by atoms with E-state index in [-0.39, 0.29) is 17.4 Å². The Morgan fingerprint density at radius 2 is 1.88 bits per heavy atom. The molecule has 2 aliphatic rings. The number of ketones is 1. The van der Waals surface area contributed by atoms with Gasteiger partial charge in [0.15, 0.2) is 0 Å². The smallest absolute Gasteiger partial charge is 0.295 e. The summed E-state index contributed by atoms with van der Waals surface area (Å²) in [7, 11) is 0. The van der Waals surface area contributed by atoms with Gasteiger partial charge in [0.2, 0.25) is 0 Å². The van der Waals surface area contributed by atoms with Gasteiger partial charge in [-0.1, -0.05) is 18.9 Å². The molecule has 3 heterocycles. The average Bonchev–Trinajstić information content (AvgIpc) is 3.37. The van der Waals surface area contributed by atoms with Crippen LogP contribution in [-0.4, -0.2) is 32.7 Å². The van der Waals surface area contributed by atoms with Gasteiger partial charge in [0.05, 0.1) is 11.6 Å². The van der Waals surface area contributed by atoms with E-state index >= 15 is 0 Å². The summed E-state index contributed by atoms with van der Waals surface area (Å²) in [4.78, 5) is 32.1. The van der Waals surface area contributed by atoms with Crippen molar-refractivity contribution in [1.82, 2.24) is 9.88 Å². The van der Waals surface area contributed by atoms with Gasteiger partial charge in [0.25, 0.3) is 11.7 Å². The van der Waals surface area contributed by atoms with Crippen LogP contribution in [-0.2, 0) is 9.59 Å². The van der Waals surface area contributed by atoms with E-state index in [1.165, 1.54) is 11.3 Å². The maximum Gasteiger partial charge on any atom is 0.295 e. The second-order valence-electron chi connectivity index (χ2n) is 6.40. The van der Waals surface area contributed by atoms with Crippen LogP contribution in [0.15, 0.2) is 47.6 Å². The number of carbonyl (C=O) groups excluding carboxylic acids is 2. The molecule has 0 radical (unpaired) electrons. The lowest BCUT2D eigenvalue weighted by Crippen LogP contribution is -2.37. The number of rotatable bonds is 3. The van der Waals surface area contributed by atoms with Crippen molar-refractivity contribution in [3.8, 4) is 0 Å². The number of carbonyl (C=O) groups is 2. The van der Waals surface area contributed by atoms with Crippen LogP contribution in [0, 0.1) is 0 Å². The van der Waals surface area contributed by atoms with Crippen LogP contribution < -0.4 is 0 Å². The average molecular weight is 354 g/mol. The predicted molar refractivity (Wildman–Crippen MR) is 95.0 cm³/mol. The molecule has 0 bridgehead atoms. The van der Waals surface area contributed by atoms with Crippen molar-refractivity contribution in [3.63, 3.8) is 0 Å². The maximum absolute atomic E-state index is 12.8. The summed E-state index contributed by atoms with van der Waals surface area (Å²) in [6.07, 6.45) is 7.06. The Morgan fingerprint density at radius 3 is 2.52 bits per heavy atom. The fourth-order valence-electron chi connectivity index (χ4n) is 3.80. The minimum absolute atomic E-state index is 0.0614. The molecule has 1 atom stereocenters. The Labute approximate surface area is 149 Å². The number of hydrogen-bond donors (Lipinski definition) is 1. The first-order valence-corrected chi connectivity index (χ1v) is 9.30. The van der Waals surface area contributed by atoms with E-state index in [0.717, 1.165) is 30.6 Å². The number of aliphatic hydroxyl groups excluding tert-OH is 1. The number of pyridine rings is 1. The summed E-state index contributed by atoms with van der Waals surface area (Å²) in [5.74, 6) is -1.22. The van der Waals surface area contributed by atoms with Crippen molar-refractivity contribution in [2.45, 2.75) is 37.8 Å². The molecule has 2 fully saturated rings. The fourth-order valence-corrected chi connectivity index (χ4v) is 4.63. The molecule has 0 aromatic carbocycles. The molecule has 1 N–H and O–H groups in total. The maximum atomic E-state index is 12.8. The summed E-state index contributed by atoms with van der Waals surface area (Å²) < 4.78 is 0. The zero-order chi connectivity index (χ0) is 17.4. The summed E-state index contributed by atoms with van der Waals surface area (Å²) in [6.45, 7) is 0. The highest BCUT2D eigenvalue weighted by Gasteiger charge is 2.49. The topological polar surface area (TPSA) is 70.5 Å². The lowest BCUT2D eigenvalue weighted by molar-refractivity contribution is -0.141. The summed E-state index contributed by atoms with van der Waals surface area (Å²) in [5, 5.41) is 12.7. The van der Waals surface area contributed by atoms with Gasteiger partial charge in [-0.2, -0.15) is 0 Å². The third kappa shape index (κ3) is 2.66. The molecule has 1 saturated heterocycles. The van der Waals surface area contributed by atoms with Gasteiger partial charge in [-0.25, -0.2) is 0 Å². The van der Waals surface area contributed by atoms with E-state index in [0.29, 0.717) is 5.56 Å². The van der Waals surface area contributed by atoms with Gasteiger partial charge in [-0.15, -0.1) is 11.3 Å². The number of aliphatic hydroxyl groups is 1. The molecular formula is C19H18N2O3S. The highest BCUT2D eigenvalue weighted by molar-refractivity contribution is 7.10. The van der Waals surface area contributed by atoms with Crippen molar-refractivity contribution in [2.24, 2.45) is 0 Å². The Morgan fingerprint density at radius 1 is 1.16 bits per heavy atom. The first-order valence-electron chi connectivity index (χ1n) is 8.42. The van der Waals surface area contributed by atoms with E-state index in [2.05, 4.69) is 4.98 Å². The first kappa shape index (κ1) is 16.0. The molecule has 1 amide bonds. The third-order valence-electron chi connectivity index (χ3n) is 4.96. The molecule has 0 spiro atoms. The highest BCUT2D eigenvalue weighted by Crippen LogP contribution is 2.44. The Kier molecular flexibility index (Phi) is 4.13. The molecule has 2 aromatic rings. The number of likely N-dealkylation sites (tertiary alicyclic amines) is 1. The minimum atomic E-state index is -0.598. The van der Waals surface area contributed by atoms with Crippen molar-refractivity contribution >= 4 is 28.8 Å². The Balaban J connectivity index is 1.87. The Hall–Kier alpha value is -2.47. The third-order valence-corrected chi connectivity index (χ3v) is 5.89. The number of amides is 1. The van der Waals surface area contributed by atoms with Crippen LogP contribution in [0.2, 0.25) is 0 Å². The number of aromatic nitrogens is 1. The zero-order valence-electron chi connectivity index (χ0n) is 13.6. The molecule has 1 aliphatic heterocycles. The molecule has 1 aliphatic carbocycles. The lowest BCUT2D eigenvalue weighted by Gasteiger charge is -2.29.